The number of hydrogen-bond acceptors (Lipinski definition) is 4. The molecule has 178 valence electrons. The van der Waals surface area contributed by atoms with E-state index in [0.717, 1.165) is 41.3 Å². The summed E-state index contributed by atoms with van der Waals surface area (Å²) >= 11 is 0. The first-order chi connectivity index (χ1) is 17.7. The molecule has 2 aromatic carbocycles. The Kier molecular flexibility index (Phi) is 5.94. The van der Waals surface area contributed by atoms with Crippen molar-refractivity contribution in [2.75, 3.05) is 7.05 Å². The van der Waals surface area contributed by atoms with Gasteiger partial charge in [-0.1, -0.05) is 97.1 Å². The summed E-state index contributed by atoms with van der Waals surface area (Å²) in [5, 5.41) is 0. The Balaban J connectivity index is 1.30. The molecule has 0 radical (unpaired) electrons. The van der Waals surface area contributed by atoms with Crippen molar-refractivity contribution in [2.45, 2.75) is 31.8 Å². The lowest BCUT2D eigenvalue weighted by atomic mass is 9.81. The first kappa shape index (κ1) is 22.4. The number of amidine groups is 2. The lowest BCUT2D eigenvalue weighted by Gasteiger charge is -2.37. The molecular weight excluding hydrogens is 440 g/mol. The molecule has 0 saturated carbocycles. The highest BCUT2D eigenvalue weighted by molar-refractivity contribution is 6.12. The minimum absolute atomic E-state index is 0.0270. The minimum atomic E-state index is -0.0270. The zero-order valence-corrected chi connectivity index (χ0v) is 20.8. The number of aromatic nitrogens is 1. The lowest BCUT2D eigenvalue weighted by Crippen LogP contribution is -2.44. The maximum Gasteiger partial charge on any atom is 0.159 e. The number of allylic oxidation sites excluding steroid dienone is 4. The maximum absolute atomic E-state index is 5.17. The van der Waals surface area contributed by atoms with E-state index in [-0.39, 0.29) is 12.1 Å². The molecule has 3 atom stereocenters. The van der Waals surface area contributed by atoms with Crippen LogP contribution in [0.5, 0.6) is 0 Å². The van der Waals surface area contributed by atoms with Crippen LogP contribution in [-0.2, 0) is 0 Å². The number of hydrogen-bond donors (Lipinski definition) is 0. The minimum Gasteiger partial charge on any atom is -0.336 e. The lowest BCUT2D eigenvalue weighted by molar-refractivity contribution is 0.299. The smallest absolute Gasteiger partial charge is 0.159 e. The van der Waals surface area contributed by atoms with Gasteiger partial charge < -0.3 is 4.90 Å². The number of rotatable bonds is 4. The summed E-state index contributed by atoms with van der Waals surface area (Å²) in [7, 11) is 2.11. The van der Waals surface area contributed by atoms with E-state index in [1.165, 1.54) is 16.8 Å². The Hall–Kier alpha value is -4.05. The average molecular weight is 471 g/mol. The summed E-state index contributed by atoms with van der Waals surface area (Å²) in [5.74, 6) is 2.34. The summed E-state index contributed by atoms with van der Waals surface area (Å²) in [6.45, 7) is 2.07. The first-order valence-corrected chi connectivity index (χ1v) is 12.7. The molecule has 4 heteroatoms. The van der Waals surface area contributed by atoms with Crippen molar-refractivity contribution in [1.82, 2.24) is 9.88 Å². The highest BCUT2D eigenvalue weighted by atomic mass is 15.3. The van der Waals surface area contributed by atoms with Gasteiger partial charge in [0.25, 0.3) is 0 Å². The van der Waals surface area contributed by atoms with Gasteiger partial charge in [0.1, 0.15) is 12.0 Å². The van der Waals surface area contributed by atoms with E-state index >= 15 is 0 Å². The second kappa shape index (κ2) is 9.54. The van der Waals surface area contributed by atoms with E-state index in [0.29, 0.717) is 5.92 Å². The largest absolute Gasteiger partial charge is 0.336 e. The zero-order chi connectivity index (χ0) is 24.5. The SMILES string of the molecule is Cc1ccc2c(n1)C(C1=CCC(C3N=C(c4ccccc4)N=C(c4ccccc4)N3C)C=C1)CC=C2. The molecule has 6 rings (SSSR count). The van der Waals surface area contributed by atoms with Gasteiger partial charge >= 0.3 is 0 Å². The van der Waals surface area contributed by atoms with Crippen molar-refractivity contribution in [3.05, 3.63) is 131 Å². The molecule has 3 aromatic rings. The topological polar surface area (TPSA) is 40.9 Å². The van der Waals surface area contributed by atoms with Crippen LogP contribution in [0.15, 0.2) is 113 Å². The predicted octanol–water partition coefficient (Wildman–Crippen LogP) is 6.56. The molecule has 0 amide bonds. The van der Waals surface area contributed by atoms with Crippen LogP contribution in [0.1, 0.15) is 46.8 Å². The molecule has 36 heavy (non-hydrogen) atoms. The third-order valence-corrected chi connectivity index (χ3v) is 7.30. The molecule has 0 bridgehead atoms. The van der Waals surface area contributed by atoms with E-state index in [1.54, 1.807) is 0 Å². The molecule has 0 fully saturated rings. The molecule has 0 N–H and O–H groups in total. The van der Waals surface area contributed by atoms with Crippen molar-refractivity contribution in [1.29, 1.82) is 0 Å². The van der Waals surface area contributed by atoms with Gasteiger partial charge in [0.05, 0.1) is 5.69 Å². The number of aryl methyl sites for hydroxylation is 1. The van der Waals surface area contributed by atoms with Crippen LogP contribution in [0.3, 0.4) is 0 Å². The summed E-state index contributed by atoms with van der Waals surface area (Å²) < 4.78 is 0. The van der Waals surface area contributed by atoms with Gasteiger partial charge in [0.2, 0.25) is 0 Å². The Morgan fingerprint density at radius 1 is 0.833 bits per heavy atom. The van der Waals surface area contributed by atoms with Gasteiger partial charge in [-0.05, 0) is 37.0 Å². The van der Waals surface area contributed by atoms with Crippen molar-refractivity contribution in [3.63, 3.8) is 0 Å². The van der Waals surface area contributed by atoms with Gasteiger partial charge in [-0.3, -0.25) is 4.98 Å². The van der Waals surface area contributed by atoms with Crippen LogP contribution < -0.4 is 0 Å². The summed E-state index contributed by atoms with van der Waals surface area (Å²) in [4.78, 5) is 17.3. The quantitative estimate of drug-likeness (QED) is 0.433. The number of fused-ring (bicyclic) bond motifs is 1. The Morgan fingerprint density at radius 2 is 1.58 bits per heavy atom. The summed E-state index contributed by atoms with van der Waals surface area (Å²) in [5.41, 5.74) is 7.03. The second-order valence-corrected chi connectivity index (χ2v) is 9.73. The fourth-order valence-corrected chi connectivity index (χ4v) is 5.39. The van der Waals surface area contributed by atoms with E-state index in [4.69, 9.17) is 15.0 Å². The Morgan fingerprint density at radius 3 is 2.31 bits per heavy atom. The van der Waals surface area contributed by atoms with Crippen molar-refractivity contribution < 1.29 is 0 Å². The third-order valence-electron chi connectivity index (χ3n) is 7.30. The molecular formula is C32H30N4. The molecule has 0 spiro atoms. The molecule has 0 saturated heterocycles. The second-order valence-electron chi connectivity index (χ2n) is 9.73. The van der Waals surface area contributed by atoms with Crippen molar-refractivity contribution in [3.8, 4) is 0 Å². The normalized spacial score (nSPS) is 23.0. The average Bonchev–Trinajstić information content (AvgIpc) is 2.94. The molecule has 3 aliphatic rings. The standard InChI is InChI=1S/C32H30N4/c1-22-16-17-24-14-9-15-28(29(24)33-22)23-18-20-27(21-19-23)32-35-30(25-10-5-3-6-11-25)34-31(36(32)2)26-12-7-4-8-13-26/h3-14,16-20,27-28,32H,15,21H2,1-2H3. The van der Waals surface area contributed by atoms with Crippen molar-refractivity contribution in [2.24, 2.45) is 15.9 Å². The predicted molar refractivity (Wildman–Crippen MR) is 148 cm³/mol. The number of benzene rings is 2. The van der Waals surface area contributed by atoms with Crippen LogP contribution >= 0.6 is 0 Å². The molecule has 4 nitrogen and oxygen atoms in total. The maximum atomic E-state index is 5.17. The van der Waals surface area contributed by atoms with E-state index < -0.39 is 0 Å². The third kappa shape index (κ3) is 4.24. The Labute approximate surface area is 213 Å². The molecule has 2 heterocycles. The summed E-state index contributed by atoms with van der Waals surface area (Å²) in [6, 6.07) is 25.0. The highest BCUT2D eigenvalue weighted by Gasteiger charge is 2.32. The van der Waals surface area contributed by atoms with Crippen LogP contribution in [-0.4, -0.2) is 34.8 Å². The fraction of sp³-hybridized carbons (Fsp3) is 0.219. The molecule has 1 aromatic heterocycles. The number of aliphatic imine (C=N–C) groups is 2. The summed E-state index contributed by atoms with van der Waals surface area (Å²) in [6.07, 6.45) is 13.5. The van der Waals surface area contributed by atoms with Crippen LogP contribution in [0, 0.1) is 12.8 Å². The molecule has 1 aliphatic heterocycles. The van der Waals surface area contributed by atoms with Gasteiger partial charge in [-0.2, -0.15) is 0 Å². The monoisotopic (exact) mass is 470 g/mol. The number of nitrogens with zero attached hydrogens (tertiary/aromatic N) is 4. The number of pyridine rings is 1. The van der Waals surface area contributed by atoms with Crippen LogP contribution in [0.25, 0.3) is 6.08 Å². The van der Waals surface area contributed by atoms with Gasteiger partial charge in [0.15, 0.2) is 5.84 Å². The fourth-order valence-electron chi connectivity index (χ4n) is 5.39. The first-order valence-electron chi connectivity index (χ1n) is 12.7. The van der Waals surface area contributed by atoms with Crippen LogP contribution in [0.2, 0.25) is 0 Å². The van der Waals surface area contributed by atoms with Gasteiger partial charge in [0, 0.05) is 35.7 Å². The zero-order valence-electron chi connectivity index (χ0n) is 20.8. The van der Waals surface area contributed by atoms with E-state index in [2.05, 4.69) is 97.8 Å². The molecule has 3 unspecified atom stereocenters. The molecule has 2 aliphatic carbocycles. The highest BCUT2D eigenvalue weighted by Crippen LogP contribution is 2.38. The van der Waals surface area contributed by atoms with E-state index in [1.807, 2.05) is 24.3 Å². The van der Waals surface area contributed by atoms with E-state index in [9.17, 15) is 0 Å². The van der Waals surface area contributed by atoms with Gasteiger partial charge in [-0.25, -0.2) is 9.98 Å². The van der Waals surface area contributed by atoms with Crippen LogP contribution in [0.4, 0.5) is 0 Å². The van der Waals surface area contributed by atoms with Crippen molar-refractivity contribution >= 4 is 17.7 Å². The Bertz CT molecular complexity index is 1410. The van der Waals surface area contributed by atoms with Gasteiger partial charge in [-0.15, -0.1) is 0 Å².